The summed E-state index contributed by atoms with van der Waals surface area (Å²) in [7, 11) is -1.50. The van der Waals surface area contributed by atoms with Gasteiger partial charge in [-0.3, -0.25) is 4.57 Å². The van der Waals surface area contributed by atoms with Gasteiger partial charge in [-0.1, -0.05) is 0 Å². The van der Waals surface area contributed by atoms with Crippen LogP contribution in [0.2, 0.25) is 10.3 Å². The van der Waals surface area contributed by atoms with Gasteiger partial charge in [0.05, 0.1) is 0 Å². The molecule has 1 atom stereocenters. The van der Waals surface area contributed by atoms with E-state index < -0.39 is 8.69 Å². The van der Waals surface area contributed by atoms with Gasteiger partial charge in [-0.15, -0.1) is 0 Å². The third-order valence-electron chi connectivity index (χ3n) is 1.84. The maximum atomic E-state index is 8.58. The van der Waals surface area contributed by atoms with E-state index in [0.717, 1.165) is 10.3 Å². The molecule has 1 rings (SSSR count). The molecule has 0 aromatic heterocycles. The van der Waals surface area contributed by atoms with Gasteiger partial charge in [0.1, 0.15) is 0 Å². The fourth-order valence-electron chi connectivity index (χ4n) is 1.33. The Morgan fingerprint density at radius 2 is 1.85 bits per heavy atom. The molecule has 0 amide bonds. The minimum atomic E-state index is -1.50. The van der Waals surface area contributed by atoms with Gasteiger partial charge < -0.3 is 4.89 Å². The summed E-state index contributed by atoms with van der Waals surface area (Å²) in [4.78, 5) is 7.98. The zero-order chi connectivity index (χ0) is 9.94. The van der Waals surface area contributed by atoms with Gasteiger partial charge in [0.2, 0.25) is 0 Å². The van der Waals surface area contributed by atoms with Gasteiger partial charge in [0, 0.05) is 0 Å². The van der Waals surface area contributed by atoms with Crippen molar-refractivity contribution in [3.05, 3.63) is 0 Å². The average molecular weight is 253 g/mol. The van der Waals surface area contributed by atoms with Crippen molar-refractivity contribution in [2.45, 2.75) is 42.4 Å². The molecule has 1 aliphatic carbocycles. The Morgan fingerprint density at radius 1 is 1.31 bits per heavy atom. The molecule has 84 valence electrons. The Morgan fingerprint density at radius 3 is 2.31 bits per heavy atom. The molecule has 1 saturated carbocycles. The molecule has 0 aliphatic heterocycles. The molecule has 0 aromatic rings. The Labute approximate surface area is 87.0 Å². The molecule has 2 N–H and O–H groups in total. The maximum absolute atomic E-state index is 8.58. The van der Waals surface area contributed by atoms with E-state index in [1.54, 1.807) is 14.4 Å². The number of aliphatic hydroxyl groups excluding tert-OH is 1. The van der Waals surface area contributed by atoms with Crippen LogP contribution in [0.25, 0.3) is 0 Å². The zero-order valence-corrected chi connectivity index (χ0v) is 9.87. The summed E-state index contributed by atoms with van der Waals surface area (Å²) in [5.41, 5.74) is 0. The molecular formula is C8H19NiO3P. The van der Waals surface area contributed by atoms with Crippen LogP contribution in [0, 0.1) is 0 Å². The summed E-state index contributed by atoms with van der Waals surface area (Å²) in [6.07, 6.45) is 7.03. The van der Waals surface area contributed by atoms with Crippen LogP contribution in [0.1, 0.15) is 32.1 Å². The van der Waals surface area contributed by atoms with Crippen LogP contribution < -0.4 is 0 Å². The second kappa shape index (κ2) is 10.7. The van der Waals surface area contributed by atoms with Crippen molar-refractivity contribution >= 4 is 8.69 Å². The normalized spacial score (nSPS) is 18.9. The molecule has 1 unspecified atom stereocenters. The van der Waals surface area contributed by atoms with E-state index in [1.807, 2.05) is 0 Å². The zero-order valence-electron chi connectivity index (χ0n) is 7.72. The molecule has 13 heavy (non-hydrogen) atoms. The van der Waals surface area contributed by atoms with Gasteiger partial charge in [-0.25, -0.2) is 0 Å². The number of rotatable bonds is 3. The van der Waals surface area contributed by atoms with E-state index in [1.165, 1.54) is 32.1 Å². The van der Waals surface area contributed by atoms with E-state index in [9.17, 15) is 0 Å². The van der Waals surface area contributed by atoms with E-state index in [-0.39, 0.29) is 0 Å². The van der Waals surface area contributed by atoms with Crippen molar-refractivity contribution in [3.63, 3.8) is 0 Å². The Hall–Kier alpha value is 0.644. The summed E-state index contributed by atoms with van der Waals surface area (Å²) >= 11 is 1.78. The van der Waals surface area contributed by atoms with Gasteiger partial charge in [0.25, 0.3) is 0 Å². The summed E-state index contributed by atoms with van der Waals surface area (Å²) in [5.74, 6) is 0. The first-order valence-corrected chi connectivity index (χ1v) is 6.79. The Bertz CT molecular complexity index is 118. The topological polar surface area (TPSA) is 57.5 Å². The van der Waals surface area contributed by atoms with Crippen molar-refractivity contribution in [2.75, 3.05) is 6.61 Å². The average Bonchev–Trinajstić information content (AvgIpc) is 2.18. The minimum absolute atomic E-state index is 0.358. The number of hydrogen-bond donors (Lipinski definition) is 2. The van der Waals surface area contributed by atoms with Crippen molar-refractivity contribution < 1.29 is 29.0 Å². The fraction of sp³-hybridized carbons (Fsp3) is 1.00. The summed E-state index contributed by atoms with van der Waals surface area (Å²) in [6.45, 7) is 0.358. The van der Waals surface area contributed by atoms with Crippen molar-refractivity contribution in [3.8, 4) is 0 Å². The van der Waals surface area contributed by atoms with Crippen molar-refractivity contribution in [1.29, 1.82) is 0 Å². The van der Waals surface area contributed by atoms with Crippen LogP contribution in [0.4, 0.5) is 0 Å². The summed E-state index contributed by atoms with van der Waals surface area (Å²) in [5, 5.41) is 9.54. The second-order valence-electron chi connectivity index (χ2n) is 2.80. The first-order chi connectivity index (χ1) is 6.35. The predicted molar refractivity (Wildman–Crippen MR) is 51.3 cm³/mol. The van der Waals surface area contributed by atoms with Gasteiger partial charge in [-0.2, -0.15) is 0 Å². The molecule has 5 heteroatoms. The molecule has 0 bridgehead atoms. The summed E-state index contributed by atoms with van der Waals surface area (Å²) in [6, 6.07) is 0. The first-order valence-electron chi connectivity index (χ1n) is 4.53. The molecular weight excluding hydrogens is 234 g/mol. The summed E-state index contributed by atoms with van der Waals surface area (Å²) < 4.78 is 8.57. The third kappa shape index (κ3) is 8.96. The fourth-order valence-corrected chi connectivity index (χ4v) is 2.66. The molecule has 0 spiro atoms. The SMILES string of the molecule is O=[PH2]O.OC[CH2][Ni][CH]1CCCCC1. The van der Waals surface area contributed by atoms with Crippen LogP contribution in [0.5, 0.6) is 0 Å². The van der Waals surface area contributed by atoms with Crippen LogP contribution >= 0.6 is 8.69 Å². The molecule has 0 heterocycles. The predicted octanol–water partition coefficient (Wildman–Crippen LogP) is 1.88. The van der Waals surface area contributed by atoms with E-state index in [0.29, 0.717) is 6.61 Å². The molecule has 1 fully saturated rings. The van der Waals surface area contributed by atoms with Crippen LogP contribution in [0.15, 0.2) is 0 Å². The van der Waals surface area contributed by atoms with Crippen LogP contribution in [-0.4, -0.2) is 16.6 Å². The van der Waals surface area contributed by atoms with Gasteiger partial charge in [0.15, 0.2) is 8.69 Å². The van der Waals surface area contributed by atoms with Gasteiger partial charge >= 0.3 is 68.5 Å². The quantitative estimate of drug-likeness (QED) is 0.596. The van der Waals surface area contributed by atoms with Crippen LogP contribution in [0.3, 0.4) is 0 Å². The third-order valence-corrected chi connectivity index (χ3v) is 3.49. The molecule has 3 nitrogen and oxygen atoms in total. The van der Waals surface area contributed by atoms with Crippen molar-refractivity contribution in [2.24, 2.45) is 0 Å². The second-order valence-corrected chi connectivity index (χ2v) is 4.72. The number of aliphatic hydroxyl groups is 1. The molecule has 0 aromatic carbocycles. The molecule has 0 saturated heterocycles. The Kier molecular flexibility index (Phi) is 11.3. The Balaban J connectivity index is 0.000000424. The van der Waals surface area contributed by atoms with E-state index >= 15 is 0 Å². The molecule has 0 radical (unpaired) electrons. The van der Waals surface area contributed by atoms with Gasteiger partial charge in [-0.05, 0) is 0 Å². The molecule has 1 aliphatic rings. The van der Waals surface area contributed by atoms with E-state index in [2.05, 4.69) is 0 Å². The monoisotopic (exact) mass is 252 g/mol. The van der Waals surface area contributed by atoms with Crippen molar-refractivity contribution in [1.82, 2.24) is 0 Å². The first kappa shape index (κ1) is 13.6. The number of hydrogen-bond acceptors (Lipinski definition) is 2. The van der Waals surface area contributed by atoms with E-state index in [4.69, 9.17) is 14.6 Å². The standard InChI is InChI=1S/C6H11.C2H5O.Ni.H3O2P/c1-2-4-6-5-3-1;1-2-3;;1-3-2/h1H,2-6H2;3H,1-2H2;;3H2,(H,1,2). The van der Waals surface area contributed by atoms with Crippen LogP contribution in [-0.2, 0) is 19.0 Å².